The lowest BCUT2D eigenvalue weighted by molar-refractivity contribution is 0.0929. The minimum Gasteiger partial charge on any atom is -0.491 e. The Morgan fingerprint density at radius 3 is 2.55 bits per heavy atom. The second-order valence-corrected chi connectivity index (χ2v) is 5.37. The molecule has 1 unspecified atom stereocenters. The van der Waals surface area contributed by atoms with E-state index in [1.54, 1.807) is 4.68 Å². The first kappa shape index (κ1) is 16.0. The van der Waals surface area contributed by atoms with Gasteiger partial charge in [0.1, 0.15) is 11.4 Å². The minimum atomic E-state index is -0.179. The third kappa shape index (κ3) is 3.84. The van der Waals surface area contributed by atoms with Crippen LogP contribution in [0, 0.1) is 0 Å². The van der Waals surface area contributed by atoms with Crippen LogP contribution in [0.3, 0.4) is 0 Å². The highest BCUT2D eigenvalue weighted by atomic mass is 16.5. The molecule has 0 aliphatic rings. The molecule has 0 aliphatic heterocycles. The van der Waals surface area contributed by atoms with Gasteiger partial charge in [-0.15, -0.1) is 5.10 Å². The van der Waals surface area contributed by atoms with Crippen LogP contribution in [0.1, 0.15) is 49.8 Å². The Hall–Kier alpha value is -2.37. The summed E-state index contributed by atoms with van der Waals surface area (Å²) in [5, 5.41) is 10.6. The number of carbonyl (C=O) groups excluding carboxylic acids is 1. The monoisotopic (exact) mass is 302 g/mol. The Labute approximate surface area is 130 Å². The van der Waals surface area contributed by atoms with E-state index in [0.29, 0.717) is 12.2 Å². The Morgan fingerprint density at radius 1 is 1.27 bits per heavy atom. The SMILES string of the molecule is CCn1nncc1C(=O)NC(C)c1ccc(OC(C)C)cc1. The second kappa shape index (κ2) is 7.06. The normalized spacial score (nSPS) is 12.2. The van der Waals surface area contributed by atoms with E-state index in [2.05, 4.69) is 15.6 Å². The van der Waals surface area contributed by atoms with E-state index >= 15 is 0 Å². The molecule has 1 atom stereocenters. The van der Waals surface area contributed by atoms with Gasteiger partial charge < -0.3 is 10.1 Å². The van der Waals surface area contributed by atoms with Gasteiger partial charge >= 0.3 is 0 Å². The van der Waals surface area contributed by atoms with Gasteiger partial charge in [-0.2, -0.15) is 0 Å². The van der Waals surface area contributed by atoms with Crippen molar-refractivity contribution in [2.75, 3.05) is 0 Å². The Kier molecular flexibility index (Phi) is 5.14. The molecule has 2 rings (SSSR count). The third-order valence-corrected chi connectivity index (χ3v) is 3.25. The lowest BCUT2D eigenvalue weighted by Crippen LogP contribution is -2.28. The summed E-state index contributed by atoms with van der Waals surface area (Å²) in [6, 6.07) is 7.63. The van der Waals surface area contributed by atoms with Crippen LogP contribution in [-0.4, -0.2) is 27.0 Å². The van der Waals surface area contributed by atoms with Crippen molar-refractivity contribution in [3.63, 3.8) is 0 Å². The van der Waals surface area contributed by atoms with Gasteiger partial charge in [0.25, 0.3) is 5.91 Å². The minimum absolute atomic E-state index is 0.110. The zero-order valence-corrected chi connectivity index (χ0v) is 13.4. The van der Waals surface area contributed by atoms with E-state index in [-0.39, 0.29) is 18.1 Å². The van der Waals surface area contributed by atoms with E-state index in [9.17, 15) is 4.79 Å². The second-order valence-electron chi connectivity index (χ2n) is 5.37. The van der Waals surface area contributed by atoms with E-state index in [4.69, 9.17) is 4.74 Å². The van der Waals surface area contributed by atoms with E-state index in [0.717, 1.165) is 11.3 Å². The lowest BCUT2D eigenvalue weighted by atomic mass is 10.1. The first-order valence-corrected chi connectivity index (χ1v) is 7.47. The molecule has 0 saturated heterocycles. The maximum atomic E-state index is 12.2. The summed E-state index contributed by atoms with van der Waals surface area (Å²) in [7, 11) is 0. The van der Waals surface area contributed by atoms with Gasteiger partial charge in [0, 0.05) is 6.54 Å². The molecule has 118 valence electrons. The number of amides is 1. The highest BCUT2D eigenvalue weighted by Crippen LogP contribution is 2.18. The third-order valence-electron chi connectivity index (χ3n) is 3.25. The molecule has 6 heteroatoms. The lowest BCUT2D eigenvalue weighted by Gasteiger charge is -2.16. The van der Waals surface area contributed by atoms with Gasteiger partial charge in [0.2, 0.25) is 0 Å². The van der Waals surface area contributed by atoms with Crippen LogP contribution < -0.4 is 10.1 Å². The molecule has 0 spiro atoms. The summed E-state index contributed by atoms with van der Waals surface area (Å²) in [6.07, 6.45) is 1.62. The van der Waals surface area contributed by atoms with Gasteiger partial charge in [-0.1, -0.05) is 17.3 Å². The van der Waals surface area contributed by atoms with Crippen molar-refractivity contribution in [1.82, 2.24) is 20.3 Å². The summed E-state index contributed by atoms with van der Waals surface area (Å²) in [4.78, 5) is 12.2. The largest absolute Gasteiger partial charge is 0.491 e. The number of carbonyl (C=O) groups is 1. The highest BCUT2D eigenvalue weighted by Gasteiger charge is 2.15. The molecule has 0 saturated carbocycles. The van der Waals surface area contributed by atoms with Gasteiger partial charge in [0.15, 0.2) is 0 Å². The van der Waals surface area contributed by atoms with Crippen molar-refractivity contribution in [3.8, 4) is 5.75 Å². The predicted molar refractivity (Wildman–Crippen MR) is 83.8 cm³/mol. The van der Waals surface area contributed by atoms with E-state index in [1.807, 2.05) is 52.0 Å². The van der Waals surface area contributed by atoms with Crippen LogP contribution in [0.5, 0.6) is 5.75 Å². The van der Waals surface area contributed by atoms with Crippen molar-refractivity contribution < 1.29 is 9.53 Å². The summed E-state index contributed by atoms with van der Waals surface area (Å²) < 4.78 is 7.18. The topological polar surface area (TPSA) is 69.0 Å². The molecule has 0 radical (unpaired) electrons. The molecule has 22 heavy (non-hydrogen) atoms. The summed E-state index contributed by atoms with van der Waals surface area (Å²) in [5.41, 5.74) is 1.48. The summed E-state index contributed by atoms with van der Waals surface area (Å²) in [6.45, 7) is 8.44. The molecule has 0 aliphatic carbocycles. The van der Waals surface area contributed by atoms with E-state index < -0.39 is 0 Å². The van der Waals surface area contributed by atoms with Gasteiger partial charge in [-0.25, -0.2) is 4.68 Å². The molecular formula is C16H22N4O2. The average Bonchev–Trinajstić information content (AvgIpc) is 2.95. The Bertz CT molecular complexity index is 619. The zero-order valence-electron chi connectivity index (χ0n) is 13.4. The molecule has 1 heterocycles. The standard InChI is InChI=1S/C16H22N4O2/c1-5-20-15(10-17-19-20)16(21)18-12(4)13-6-8-14(9-7-13)22-11(2)3/h6-12H,5H2,1-4H3,(H,18,21). The van der Waals surface area contributed by atoms with Gasteiger partial charge in [0.05, 0.1) is 18.3 Å². The van der Waals surface area contributed by atoms with Crippen LogP contribution >= 0.6 is 0 Å². The fraction of sp³-hybridized carbons (Fsp3) is 0.438. The van der Waals surface area contributed by atoms with Crippen molar-refractivity contribution >= 4 is 5.91 Å². The van der Waals surface area contributed by atoms with Crippen LogP contribution in [-0.2, 0) is 6.54 Å². The molecule has 0 fully saturated rings. The number of nitrogens with one attached hydrogen (secondary N) is 1. The first-order valence-electron chi connectivity index (χ1n) is 7.47. The average molecular weight is 302 g/mol. The molecule has 1 N–H and O–H groups in total. The van der Waals surface area contributed by atoms with Crippen molar-refractivity contribution in [1.29, 1.82) is 0 Å². The van der Waals surface area contributed by atoms with Crippen LogP contribution in [0.2, 0.25) is 0 Å². The number of aromatic nitrogens is 3. The maximum Gasteiger partial charge on any atom is 0.271 e. The number of hydrogen-bond acceptors (Lipinski definition) is 4. The Morgan fingerprint density at radius 2 is 1.95 bits per heavy atom. The van der Waals surface area contributed by atoms with E-state index in [1.165, 1.54) is 6.20 Å². The van der Waals surface area contributed by atoms with Gasteiger partial charge in [-0.3, -0.25) is 4.79 Å². The van der Waals surface area contributed by atoms with Crippen molar-refractivity contribution in [2.24, 2.45) is 0 Å². The number of ether oxygens (including phenoxy) is 1. The fourth-order valence-electron chi connectivity index (χ4n) is 2.13. The number of aryl methyl sites for hydroxylation is 1. The van der Waals surface area contributed by atoms with Crippen LogP contribution in [0.4, 0.5) is 0 Å². The van der Waals surface area contributed by atoms with Crippen LogP contribution in [0.25, 0.3) is 0 Å². The molecule has 0 bridgehead atoms. The Balaban J connectivity index is 2.02. The first-order chi connectivity index (χ1) is 10.5. The number of nitrogens with zero attached hydrogens (tertiary/aromatic N) is 3. The van der Waals surface area contributed by atoms with Crippen molar-refractivity contribution in [2.45, 2.75) is 46.4 Å². The highest BCUT2D eigenvalue weighted by molar-refractivity contribution is 5.92. The van der Waals surface area contributed by atoms with Crippen molar-refractivity contribution in [3.05, 3.63) is 41.7 Å². The molecule has 1 amide bonds. The molecule has 6 nitrogen and oxygen atoms in total. The summed E-state index contributed by atoms with van der Waals surface area (Å²) >= 11 is 0. The molecule has 2 aromatic rings. The molecule has 1 aromatic carbocycles. The maximum absolute atomic E-state index is 12.2. The predicted octanol–water partition coefficient (Wildman–Crippen LogP) is 2.58. The fourth-order valence-corrected chi connectivity index (χ4v) is 2.13. The zero-order chi connectivity index (χ0) is 16.1. The van der Waals surface area contributed by atoms with Gasteiger partial charge in [-0.05, 0) is 45.4 Å². The molecular weight excluding hydrogens is 280 g/mol. The quantitative estimate of drug-likeness (QED) is 0.890. The van der Waals surface area contributed by atoms with Crippen LogP contribution in [0.15, 0.2) is 30.5 Å². The smallest absolute Gasteiger partial charge is 0.271 e. The summed E-state index contributed by atoms with van der Waals surface area (Å²) in [5.74, 6) is 0.646. The number of hydrogen-bond donors (Lipinski definition) is 1. The number of rotatable bonds is 6. The number of benzene rings is 1. The molecule has 1 aromatic heterocycles.